The van der Waals surface area contributed by atoms with Crippen LogP contribution < -0.4 is 4.74 Å². The highest BCUT2D eigenvalue weighted by atomic mass is 16.5. The molecule has 1 heterocycles. The van der Waals surface area contributed by atoms with E-state index in [1.807, 2.05) is 12.1 Å². The maximum atomic E-state index is 9.10. The molecule has 3 heteroatoms. The molecule has 2 saturated carbocycles. The zero-order chi connectivity index (χ0) is 13.7. The Balaban J connectivity index is 1.89. The SMILES string of the molecule is CC1(C)C2CCC1(C)C(Oc1cccnc1C#N)C2. The molecular formula is C16H20N2O. The van der Waals surface area contributed by atoms with Crippen LogP contribution in [0.15, 0.2) is 18.3 Å². The normalized spacial score (nSPS) is 35.1. The van der Waals surface area contributed by atoms with Gasteiger partial charge in [0.15, 0.2) is 11.4 Å². The molecule has 2 aliphatic carbocycles. The van der Waals surface area contributed by atoms with Crippen LogP contribution in [0.3, 0.4) is 0 Å². The largest absolute Gasteiger partial charge is 0.487 e. The van der Waals surface area contributed by atoms with Gasteiger partial charge in [0, 0.05) is 11.6 Å². The zero-order valence-corrected chi connectivity index (χ0v) is 11.8. The highest BCUT2D eigenvalue weighted by molar-refractivity contribution is 5.37. The smallest absolute Gasteiger partial charge is 0.182 e. The first-order valence-corrected chi connectivity index (χ1v) is 7.01. The van der Waals surface area contributed by atoms with Gasteiger partial charge in [-0.05, 0) is 42.7 Å². The molecule has 0 spiro atoms. The summed E-state index contributed by atoms with van der Waals surface area (Å²) in [6, 6.07) is 5.80. The number of pyridine rings is 1. The standard InChI is InChI=1S/C16H20N2O/c1-15(2)11-6-7-16(15,3)14(9-11)19-13-5-4-8-18-12(13)10-17/h4-5,8,11,14H,6-7,9H2,1-3H3. The molecule has 0 aliphatic heterocycles. The van der Waals surface area contributed by atoms with E-state index in [0.717, 1.165) is 12.3 Å². The van der Waals surface area contributed by atoms with E-state index in [4.69, 9.17) is 10.00 Å². The van der Waals surface area contributed by atoms with Crippen molar-refractivity contribution in [1.82, 2.24) is 4.98 Å². The van der Waals surface area contributed by atoms with Crippen molar-refractivity contribution in [3.05, 3.63) is 24.0 Å². The van der Waals surface area contributed by atoms with Crippen LogP contribution in [0.5, 0.6) is 5.75 Å². The highest BCUT2D eigenvalue weighted by Gasteiger charge is 2.62. The van der Waals surface area contributed by atoms with E-state index in [0.29, 0.717) is 16.9 Å². The van der Waals surface area contributed by atoms with E-state index in [9.17, 15) is 0 Å². The quantitative estimate of drug-likeness (QED) is 0.813. The van der Waals surface area contributed by atoms with Gasteiger partial charge >= 0.3 is 0 Å². The van der Waals surface area contributed by atoms with Gasteiger partial charge in [0.05, 0.1) is 0 Å². The van der Waals surface area contributed by atoms with Crippen LogP contribution >= 0.6 is 0 Å². The number of hydrogen-bond acceptors (Lipinski definition) is 3. The van der Waals surface area contributed by atoms with Crippen molar-refractivity contribution in [3.8, 4) is 11.8 Å². The van der Waals surface area contributed by atoms with E-state index in [-0.39, 0.29) is 11.5 Å². The van der Waals surface area contributed by atoms with Crippen LogP contribution in [0.25, 0.3) is 0 Å². The van der Waals surface area contributed by atoms with Crippen LogP contribution in [-0.4, -0.2) is 11.1 Å². The van der Waals surface area contributed by atoms with Crippen LogP contribution in [0, 0.1) is 28.1 Å². The summed E-state index contributed by atoms with van der Waals surface area (Å²) >= 11 is 0. The van der Waals surface area contributed by atoms with Crippen molar-refractivity contribution in [1.29, 1.82) is 5.26 Å². The van der Waals surface area contributed by atoms with Crippen LogP contribution in [0.4, 0.5) is 0 Å². The Morgan fingerprint density at radius 2 is 2.21 bits per heavy atom. The fraction of sp³-hybridized carbons (Fsp3) is 0.625. The monoisotopic (exact) mass is 256 g/mol. The first kappa shape index (κ1) is 12.5. The Bertz CT molecular complexity index is 546. The molecule has 2 bridgehead atoms. The maximum Gasteiger partial charge on any atom is 0.182 e. The number of hydrogen-bond donors (Lipinski definition) is 0. The molecule has 1 aromatic rings. The lowest BCUT2D eigenvalue weighted by atomic mass is 9.70. The van der Waals surface area contributed by atoms with Crippen molar-refractivity contribution in [2.75, 3.05) is 0 Å². The number of nitriles is 1. The first-order valence-electron chi connectivity index (χ1n) is 7.01. The van der Waals surface area contributed by atoms with Crippen molar-refractivity contribution in [2.24, 2.45) is 16.7 Å². The second kappa shape index (κ2) is 3.96. The molecule has 1 aromatic heterocycles. The lowest BCUT2D eigenvalue weighted by Crippen LogP contribution is -2.39. The molecule has 3 unspecified atom stereocenters. The molecule has 0 N–H and O–H groups in total. The third-order valence-corrected chi connectivity index (χ3v) is 5.86. The Labute approximate surface area is 114 Å². The minimum Gasteiger partial charge on any atom is -0.487 e. The van der Waals surface area contributed by atoms with Crippen molar-refractivity contribution < 1.29 is 4.74 Å². The first-order chi connectivity index (χ1) is 8.99. The average molecular weight is 256 g/mol. The van der Waals surface area contributed by atoms with Gasteiger partial charge in [0.2, 0.25) is 0 Å². The minimum atomic E-state index is 0.206. The van der Waals surface area contributed by atoms with Gasteiger partial charge in [-0.3, -0.25) is 0 Å². The van der Waals surface area contributed by atoms with Gasteiger partial charge in [-0.2, -0.15) is 5.26 Å². The Morgan fingerprint density at radius 1 is 1.42 bits per heavy atom. The van der Waals surface area contributed by atoms with E-state index in [1.165, 1.54) is 12.8 Å². The lowest BCUT2D eigenvalue weighted by molar-refractivity contribution is 0.0297. The number of aromatic nitrogens is 1. The molecule has 3 nitrogen and oxygen atoms in total. The third kappa shape index (κ3) is 1.59. The van der Waals surface area contributed by atoms with Crippen LogP contribution in [0.1, 0.15) is 45.7 Å². The van der Waals surface area contributed by atoms with Gasteiger partial charge in [-0.25, -0.2) is 4.98 Å². The zero-order valence-electron chi connectivity index (χ0n) is 11.8. The second-order valence-electron chi connectivity index (χ2n) is 6.68. The molecule has 3 atom stereocenters. The van der Waals surface area contributed by atoms with Crippen LogP contribution in [-0.2, 0) is 0 Å². The summed E-state index contributed by atoms with van der Waals surface area (Å²) in [5.41, 5.74) is 0.930. The number of fused-ring (bicyclic) bond motifs is 2. The van der Waals surface area contributed by atoms with E-state index >= 15 is 0 Å². The van der Waals surface area contributed by atoms with E-state index in [2.05, 4.69) is 31.8 Å². The Morgan fingerprint density at radius 3 is 2.79 bits per heavy atom. The molecule has 0 radical (unpaired) electrons. The van der Waals surface area contributed by atoms with Gasteiger partial charge in [0.25, 0.3) is 0 Å². The number of rotatable bonds is 2. The molecule has 100 valence electrons. The lowest BCUT2D eigenvalue weighted by Gasteiger charge is -2.38. The molecule has 3 rings (SSSR count). The number of ether oxygens (including phenoxy) is 1. The summed E-state index contributed by atoms with van der Waals surface area (Å²) in [4.78, 5) is 4.07. The molecule has 0 amide bonds. The van der Waals surface area contributed by atoms with Gasteiger partial charge < -0.3 is 4.74 Å². The predicted octanol–water partition coefficient (Wildman–Crippen LogP) is 3.55. The summed E-state index contributed by atoms with van der Waals surface area (Å²) in [5.74, 6) is 1.38. The fourth-order valence-corrected chi connectivity index (χ4v) is 4.03. The van der Waals surface area contributed by atoms with E-state index < -0.39 is 0 Å². The fourth-order valence-electron chi connectivity index (χ4n) is 4.03. The summed E-state index contributed by atoms with van der Waals surface area (Å²) in [6.07, 6.45) is 5.47. The van der Waals surface area contributed by atoms with E-state index in [1.54, 1.807) is 6.20 Å². The maximum absolute atomic E-state index is 9.10. The predicted molar refractivity (Wildman–Crippen MR) is 72.6 cm³/mol. The second-order valence-corrected chi connectivity index (χ2v) is 6.68. The van der Waals surface area contributed by atoms with Gasteiger partial charge in [0.1, 0.15) is 12.2 Å². The van der Waals surface area contributed by atoms with Crippen molar-refractivity contribution >= 4 is 0 Å². The van der Waals surface area contributed by atoms with Crippen LogP contribution in [0.2, 0.25) is 0 Å². The minimum absolute atomic E-state index is 0.206. The Hall–Kier alpha value is -1.56. The van der Waals surface area contributed by atoms with Gasteiger partial charge in [-0.15, -0.1) is 0 Å². The molecule has 2 aliphatic rings. The number of nitrogens with zero attached hydrogens (tertiary/aromatic N) is 2. The molecule has 19 heavy (non-hydrogen) atoms. The summed E-state index contributed by atoms with van der Waals surface area (Å²) in [6.45, 7) is 7.07. The average Bonchev–Trinajstić information content (AvgIpc) is 2.72. The molecular weight excluding hydrogens is 236 g/mol. The summed E-state index contributed by atoms with van der Waals surface area (Å²) in [5, 5.41) is 9.10. The summed E-state index contributed by atoms with van der Waals surface area (Å²) < 4.78 is 6.18. The molecule has 0 aromatic carbocycles. The third-order valence-electron chi connectivity index (χ3n) is 5.86. The summed E-state index contributed by atoms with van der Waals surface area (Å²) in [7, 11) is 0. The van der Waals surface area contributed by atoms with Crippen molar-refractivity contribution in [2.45, 2.75) is 46.1 Å². The molecule has 2 fully saturated rings. The topological polar surface area (TPSA) is 45.9 Å². The van der Waals surface area contributed by atoms with Crippen molar-refractivity contribution in [3.63, 3.8) is 0 Å². The Kier molecular flexibility index (Phi) is 2.60. The highest BCUT2D eigenvalue weighted by Crippen LogP contribution is 2.66. The van der Waals surface area contributed by atoms with Gasteiger partial charge in [-0.1, -0.05) is 20.8 Å². The molecule has 0 saturated heterocycles.